The maximum Gasteiger partial charge on any atom is 0.142 e. The average molecular weight is 254 g/mol. The summed E-state index contributed by atoms with van der Waals surface area (Å²) in [5.41, 5.74) is 5.22. The molecule has 3 aromatic rings. The molecule has 0 unspecified atom stereocenters. The van der Waals surface area contributed by atoms with Crippen LogP contribution in [0.1, 0.15) is 5.56 Å². The number of para-hydroxylation sites is 1. The predicted molar refractivity (Wildman–Crippen MR) is 73.7 cm³/mol. The van der Waals surface area contributed by atoms with E-state index in [0.717, 1.165) is 11.3 Å². The molecule has 0 fully saturated rings. The number of nitrogens with zero attached hydrogens (tertiary/aromatic N) is 2. The summed E-state index contributed by atoms with van der Waals surface area (Å²) in [6, 6.07) is 11.0. The first kappa shape index (κ1) is 11.4. The van der Waals surface area contributed by atoms with Crippen molar-refractivity contribution in [1.82, 2.24) is 9.97 Å². The Balaban J connectivity index is 1.83. The van der Waals surface area contributed by atoms with Gasteiger partial charge in [0.05, 0.1) is 18.1 Å². The molecule has 0 amide bonds. The summed E-state index contributed by atoms with van der Waals surface area (Å²) in [6.45, 7) is 0. The summed E-state index contributed by atoms with van der Waals surface area (Å²) in [6.07, 6.45) is 4.56. The summed E-state index contributed by atoms with van der Waals surface area (Å²) in [7, 11) is 0. The molecule has 19 heavy (non-hydrogen) atoms. The molecule has 0 spiro atoms. The van der Waals surface area contributed by atoms with Crippen molar-refractivity contribution in [2.45, 2.75) is 0 Å². The SMILES string of the molecule is Fc1cnc2[nH]cc(/C=N/Nc3ccccc3)c2c1. The molecule has 0 aliphatic heterocycles. The first-order chi connectivity index (χ1) is 9.33. The minimum absolute atomic E-state index is 0.363. The molecule has 3 rings (SSSR count). The highest BCUT2D eigenvalue weighted by Crippen LogP contribution is 2.15. The van der Waals surface area contributed by atoms with E-state index in [0.29, 0.717) is 11.0 Å². The third-order valence-electron chi connectivity index (χ3n) is 2.70. The first-order valence-electron chi connectivity index (χ1n) is 5.80. The van der Waals surface area contributed by atoms with Gasteiger partial charge in [0.25, 0.3) is 0 Å². The number of anilines is 1. The van der Waals surface area contributed by atoms with Gasteiger partial charge in [-0.05, 0) is 18.2 Å². The highest BCUT2D eigenvalue weighted by molar-refractivity contribution is 5.97. The molecule has 0 saturated carbocycles. The lowest BCUT2D eigenvalue weighted by Crippen LogP contribution is -1.89. The average Bonchev–Trinajstić information content (AvgIpc) is 2.83. The fourth-order valence-corrected chi connectivity index (χ4v) is 1.79. The lowest BCUT2D eigenvalue weighted by atomic mass is 10.2. The van der Waals surface area contributed by atoms with Gasteiger partial charge in [-0.15, -0.1) is 0 Å². The summed E-state index contributed by atoms with van der Waals surface area (Å²) >= 11 is 0. The van der Waals surface area contributed by atoms with Gasteiger partial charge in [0, 0.05) is 17.1 Å². The van der Waals surface area contributed by atoms with Crippen LogP contribution in [0.4, 0.5) is 10.1 Å². The van der Waals surface area contributed by atoms with E-state index in [2.05, 4.69) is 20.5 Å². The van der Waals surface area contributed by atoms with Gasteiger partial charge in [-0.25, -0.2) is 9.37 Å². The van der Waals surface area contributed by atoms with Crippen molar-refractivity contribution in [1.29, 1.82) is 0 Å². The van der Waals surface area contributed by atoms with Crippen LogP contribution in [0.5, 0.6) is 0 Å². The molecule has 0 saturated heterocycles. The predicted octanol–water partition coefficient (Wildman–Crippen LogP) is 3.15. The van der Waals surface area contributed by atoms with Crippen LogP contribution < -0.4 is 5.43 Å². The lowest BCUT2D eigenvalue weighted by Gasteiger charge is -1.97. The van der Waals surface area contributed by atoms with Crippen LogP contribution in [0.3, 0.4) is 0 Å². The Labute approximate surface area is 109 Å². The Hall–Kier alpha value is -2.69. The van der Waals surface area contributed by atoms with Gasteiger partial charge in [-0.1, -0.05) is 18.2 Å². The summed E-state index contributed by atoms with van der Waals surface area (Å²) in [4.78, 5) is 6.92. The fraction of sp³-hybridized carbons (Fsp3) is 0. The highest BCUT2D eigenvalue weighted by Gasteiger charge is 2.03. The molecule has 5 heteroatoms. The number of halogens is 1. The molecule has 94 valence electrons. The van der Waals surface area contributed by atoms with Gasteiger partial charge >= 0.3 is 0 Å². The highest BCUT2D eigenvalue weighted by atomic mass is 19.1. The van der Waals surface area contributed by atoms with Gasteiger partial charge in [-0.3, -0.25) is 5.43 Å². The van der Waals surface area contributed by atoms with Crippen LogP contribution in [-0.4, -0.2) is 16.2 Å². The van der Waals surface area contributed by atoms with Crippen molar-refractivity contribution >= 4 is 22.9 Å². The summed E-state index contributed by atoms with van der Waals surface area (Å²) < 4.78 is 13.1. The number of aromatic amines is 1. The largest absolute Gasteiger partial charge is 0.345 e. The van der Waals surface area contributed by atoms with Gasteiger partial charge in [0.15, 0.2) is 0 Å². The molecular formula is C14H11FN4. The number of rotatable bonds is 3. The van der Waals surface area contributed by atoms with E-state index in [1.165, 1.54) is 12.3 Å². The number of nitrogens with one attached hydrogen (secondary N) is 2. The second kappa shape index (κ2) is 4.89. The van der Waals surface area contributed by atoms with Crippen LogP contribution in [0.25, 0.3) is 11.0 Å². The van der Waals surface area contributed by atoms with E-state index in [4.69, 9.17) is 0 Å². The third-order valence-corrected chi connectivity index (χ3v) is 2.70. The summed E-state index contributed by atoms with van der Waals surface area (Å²) in [5.74, 6) is -0.363. The van der Waals surface area contributed by atoms with Crippen LogP contribution in [0.2, 0.25) is 0 Å². The van der Waals surface area contributed by atoms with Crippen LogP contribution in [0, 0.1) is 5.82 Å². The molecule has 2 N–H and O–H groups in total. The first-order valence-corrected chi connectivity index (χ1v) is 5.80. The van der Waals surface area contributed by atoms with Crippen LogP contribution >= 0.6 is 0 Å². The maximum absolute atomic E-state index is 13.1. The Morgan fingerprint density at radius 1 is 1.26 bits per heavy atom. The molecule has 0 aliphatic rings. The zero-order valence-corrected chi connectivity index (χ0v) is 9.97. The van der Waals surface area contributed by atoms with E-state index in [-0.39, 0.29) is 5.82 Å². The van der Waals surface area contributed by atoms with E-state index in [9.17, 15) is 4.39 Å². The van der Waals surface area contributed by atoms with E-state index < -0.39 is 0 Å². The fourth-order valence-electron chi connectivity index (χ4n) is 1.79. The van der Waals surface area contributed by atoms with Crippen LogP contribution in [0.15, 0.2) is 53.9 Å². The van der Waals surface area contributed by atoms with Crippen molar-refractivity contribution in [3.8, 4) is 0 Å². The normalized spacial score (nSPS) is 11.2. The molecule has 2 aromatic heterocycles. The topological polar surface area (TPSA) is 53.1 Å². The molecule has 0 bridgehead atoms. The molecule has 0 aliphatic carbocycles. The third kappa shape index (κ3) is 2.44. The van der Waals surface area contributed by atoms with Crippen molar-refractivity contribution < 1.29 is 4.39 Å². The standard InChI is InChI=1S/C14H11FN4/c15-11-6-13-10(7-16-14(13)17-9-11)8-18-19-12-4-2-1-3-5-12/h1-9,19H,(H,16,17)/b18-8+. The van der Waals surface area contributed by atoms with Crippen LogP contribution in [-0.2, 0) is 0 Å². The Bertz CT molecular complexity index is 719. The number of hydrazone groups is 1. The maximum atomic E-state index is 13.1. The lowest BCUT2D eigenvalue weighted by molar-refractivity contribution is 0.624. The van der Waals surface area contributed by atoms with Crippen molar-refractivity contribution in [2.24, 2.45) is 5.10 Å². The monoisotopic (exact) mass is 254 g/mol. The Kier molecular flexibility index (Phi) is 2.94. The Morgan fingerprint density at radius 3 is 2.95 bits per heavy atom. The number of pyridine rings is 1. The second-order valence-corrected chi connectivity index (χ2v) is 4.03. The number of H-pyrrole nitrogens is 1. The van der Waals surface area contributed by atoms with Gasteiger partial charge < -0.3 is 4.98 Å². The van der Waals surface area contributed by atoms with Crippen molar-refractivity contribution in [3.63, 3.8) is 0 Å². The number of aromatic nitrogens is 2. The van der Waals surface area contributed by atoms with Gasteiger partial charge in [0.1, 0.15) is 11.5 Å². The van der Waals surface area contributed by atoms with E-state index in [1.807, 2.05) is 30.3 Å². The van der Waals surface area contributed by atoms with E-state index in [1.54, 1.807) is 12.4 Å². The quantitative estimate of drug-likeness (QED) is 0.557. The number of benzene rings is 1. The van der Waals surface area contributed by atoms with Crippen molar-refractivity contribution in [3.05, 3.63) is 60.2 Å². The molecule has 2 heterocycles. The zero-order chi connectivity index (χ0) is 13.1. The smallest absolute Gasteiger partial charge is 0.142 e. The molecule has 4 nitrogen and oxygen atoms in total. The van der Waals surface area contributed by atoms with Gasteiger partial charge in [0.2, 0.25) is 0 Å². The minimum Gasteiger partial charge on any atom is -0.345 e. The van der Waals surface area contributed by atoms with Gasteiger partial charge in [-0.2, -0.15) is 5.10 Å². The molecule has 1 aromatic carbocycles. The zero-order valence-electron chi connectivity index (χ0n) is 9.97. The molecule has 0 atom stereocenters. The number of hydrogen-bond donors (Lipinski definition) is 2. The number of hydrogen-bond acceptors (Lipinski definition) is 3. The van der Waals surface area contributed by atoms with Crippen molar-refractivity contribution in [2.75, 3.05) is 5.43 Å². The number of fused-ring (bicyclic) bond motifs is 1. The summed E-state index contributed by atoms with van der Waals surface area (Å²) in [5, 5.41) is 4.83. The minimum atomic E-state index is -0.363. The molecule has 0 radical (unpaired) electrons. The second-order valence-electron chi connectivity index (χ2n) is 4.03. The Morgan fingerprint density at radius 2 is 2.11 bits per heavy atom. The van der Waals surface area contributed by atoms with E-state index >= 15 is 0 Å². The molecular weight excluding hydrogens is 243 g/mol.